The summed E-state index contributed by atoms with van der Waals surface area (Å²) in [4.78, 5) is 11.4. The summed E-state index contributed by atoms with van der Waals surface area (Å²) in [6.45, 7) is -0.697. The average Bonchev–Trinajstić information content (AvgIpc) is 2.29. The molecule has 0 aliphatic rings. The van der Waals surface area contributed by atoms with Gasteiger partial charge in [0, 0.05) is 10.2 Å². The minimum atomic E-state index is -2.52. The van der Waals surface area contributed by atoms with Gasteiger partial charge in [-0.3, -0.25) is 4.79 Å². The van der Waals surface area contributed by atoms with E-state index in [2.05, 4.69) is 26.0 Å². The number of alkyl halides is 2. The van der Waals surface area contributed by atoms with Crippen LogP contribution in [0, 0.1) is 0 Å². The molecule has 100 valence electrons. The molecule has 7 heteroatoms. The predicted molar refractivity (Wildman–Crippen MR) is 69.2 cm³/mol. The summed E-state index contributed by atoms with van der Waals surface area (Å²) < 4.78 is 28.8. The molecule has 0 bridgehead atoms. The number of ether oxygens (including phenoxy) is 1. The van der Waals surface area contributed by atoms with Crippen LogP contribution in [0.4, 0.5) is 14.5 Å². The molecule has 0 radical (unpaired) electrons. The van der Waals surface area contributed by atoms with Crippen LogP contribution in [-0.4, -0.2) is 25.5 Å². The molecule has 0 atom stereocenters. The van der Waals surface area contributed by atoms with Gasteiger partial charge in [0.05, 0.1) is 18.1 Å². The van der Waals surface area contributed by atoms with E-state index in [9.17, 15) is 13.6 Å². The molecule has 1 amide bonds. The second-order valence-corrected chi connectivity index (χ2v) is 4.65. The molecule has 0 unspecified atom stereocenters. The van der Waals surface area contributed by atoms with Gasteiger partial charge in [-0.25, -0.2) is 8.78 Å². The Bertz CT molecular complexity index is 418. The third kappa shape index (κ3) is 5.75. The largest absolute Gasteiger partial charge is 0.375 e. The molecule has 0 spiro atoms. The van der Waals surface area contributed by atoms with Crippen LogP contribution in [0.25, 0.3) is 0 Å². The Morgan fingerprint density at radius 3 is 2.83 bits per heavy atom. The Labute approximate surface area is 117 Å². The fourth-order valence-corrected chi connectivity index (χ4v) is 1.56. The maximum Gasteiger partial charge on any atom is 0.261 e. The van der Waals surface area contributed by atoms with Gasteiger partial charge in [0.2, 0.25) is 5.91 Å². The van der Waals surface area contributed by atoms with Crippen molar-refractivity contribution in [3.05, 3.63) is 27.7 Å². The van der Waals surface area contributed by atoms with E-state index in [0.717, 1.165) is 4.47 Å². The van der Waals surface area contributed by atoms with Gasteiger partial charge in [0.1, 0.15) is 6.61 Å². The number of nitrogens with one attached hydrogen (secondary N) is 1. The lowest BCUT2D eigenvalue weighted by molar-refractivity contribution is -0.117. The lowest BCUT2D eigenvalue weighted by atomic mass is 10.3. The first-order valence-corrected chi connectivity index (χ1v) is 6.27. The van der Waals surface area contributed by atoms with Gasteiger partial charge in [0.15, 0.2) is 0 Å². The standard InChI is InChI=1S/C11H11BrClF2NO2/c12-8-2-1-7(5-9(8)13)16-11(17)3-4-18-6-10(14)15/h1-2,5,10H,3-4,6H2,(H,16,17). The van der Waals surface area contributed by atoms with E-state index >= 15 is 0 Å². The molecule has 18 heavy (non-hydrogen) atoms. The molecule has 0 saturated carbocycles. The predicted octanol–water partition coefficient (Wildman–Crippen LogP) is 3.71. The number of hydrogen-bond donors (Lipinski definition) is 1. The average molecular weight is 343 g/mol. The number of hydrogen-bond acceptors (Lipinski definition) is 2. The first kappa shape index (κ1) is 15.3. The minimum Gasteiger partial charge on any atom is -0.375 e. The third-order valence-electron chi connectivity index (χ3n) is 1.92. The number of rotatable bonds is 6. The van der Waals surface area contributed by atoms with Gasteiger partial charge >= 0.3 is 0 Å². The van der Waals surface area contributed by atoms with Crippen LogP contribution in [0.5, 0.6) is 0 Å². The van der Waals surface area contributed by atoms with E-state index < -0.39 is 13.0 Å². The number of carbonyl (C=O) groups is 1. The van der Waals surface area contributed by atoms with Crippen molar-refractivity contribution in [2.45, 2.75) is 12.8 Å². The minimum absolute atomic E-state index is 0.0143. The van der Waals surface area contributed by atoms with Crippen LogP contribution in [0.3, 0.4) is 0 Å². The molecule has 1 aromatic rings. The van der Waals surface area contributed by atoms with Crippen molar-refractivity contribution in [3.8, 4) is 0 Å². The number of amides is 1. The molecule has 1 N–H and O–H groups in total. The first-order valence-electron chi connectivity index (χ1n) is 5.10. The fourth-order valence-electron chi connectivity index (χ4n) is 1.13. The second kappa shape index (κ2) is 7.66. The first-order chi connectivity index (χ1) is 8.49. The molecular formula is C11H11BrClF2NO2. The highest BCUT2D eigenvalue weighted by Gasteiger charge is 2.06. The van der Waals surface area contributed by atoms with Crippen molar-refractivity contribution in [1.82, 2.24) is 0 Å². The lowest BCUT2D eigenvalue weighted by Gasteiger charge is -2.07. The van der Waals surface area contributed by atoms with Crippen LogP contribution < -0.4 is 5.32 Å². The highest BCUT2D eigenvalue weighted by atomic mass is 79.9. The summed E-state index contributed by atoms with van der Waals surface area (Å²) in [7, 11) is 0. The van der Waals surface area contributed by atoms with Crippen molar-refractivity contribution in [2.24, 2.45) is 0 Å². The Balaban J connectivity index is 2.33. The molecule has 0 aromatic heterocycles. The van der Waals surface area contributed by atoms with Crippen LogP contribution in [-0.2, 0) is 9.53 Å². The molecule has 0 fully saturated rings. The summed E-state index contributed by atoms with van der Waals surface area (Å²) in [5, 5.41) is 3.06. The van der Waals surface area contributed by atoms with E-state index in [0.29, 0.717) is 10.7 Å². The summed E-state index contributed by atoms with van der Waals surface area (Å²) in [5.74, 6) is -0.317. The van der Waals surface area contributed by atoms with E-state index in [4.69, 9.17) is 11.6 Å². The zero-order valence-electron chi connectivity index (χ0n) is 9.26. The number of carbonyl (C=O) groups excluding carboxylic acids is 1. The number of anilines is 1. The highest BCUT2D eigenvalue weighted by molar-refractivity contribution is 9.10. The molecule has 0 aliphatic carbocycles. The van der Waals surface area contributed by atoms with Gasteiger partial charge in [-0.05, 0) is 34.1 Å². The summed E-state index contributed by atoms with van der Waals surface area (Å²) in [6, 6.07) is 4.96. The SMILES string of the molecule is O=C(CCOCC(F)F)Nc1ccc(Br)c(Cl)c1. The molecule has 1 rings (SSSR count). The Morgan fingerprint density at radius 1 is 1.50 bits per heavy atom. The van der Waals surface area contributed by atoms with Gasteiger partial charge in [-0.2, -0.15) is 0 Å². The van der Waals surface area contributed by atoms with Crippen molar-refractivity contribution in [3.63, 3.8) is 0 Å². The Kier molecular flexibility index (Phi) is 6.52. The van der Waals surface area contributed by atoms with Crippen LogP contribution >= 0.6 is 27.5 Å². The molecule has 0 heterocycles. The van der Waals surface area contributed by atoms with Gasteiger partial charge in [-0.15, -0.1) is 0 Å². The Hall–Kier alpha value is -0.720. The van der Waals surface area contributed by atoms with Crippen molar-refractivity contribution in [1.29, 1.82) is 0 Å². The van der Waals surface area contributed by atoms with E-state index in [-0.39, 0.29) is 18.9 Å². The summed E-state index contributed by atoms with van der Waals surface area (Å²) in [6.07, 6.45) is -2.50. The number of benzene rings is 1. The van der Waals surface area contributed by atoms with Crippen molar-refractivity contribution >= 4 is 39.1 Å². The van der Waals surface area contributed by atoms with Crippen molar-refractivity contribution < 1.29 is 18.3 Å². The van der Waals surface area contributed by atoms with Crippen molar-refractivity contribution in [2.75, 3.05) is 18.5 Å². The van der Waals surface area contributed by atoms with Crippen LogP contribution in [0.2, 0.25) is 5.02 Å². The van der Waals surface area contributed by atoms with E-state index in [1.54, 1.807) is 18.2 Å². The van der Waals surface area contributed by atoms with Crippen LogP contribution in [0.15, 0.2) is 22.7 Å². The molecular weight excluding hydrogens is 331 g/mol. The Morgan fingerprint density at radius 2 is 2.22 bits per heavy atom. The fraction of sp³-hybridized carbons (Fsp3) is 0.364. The summed E-state index contributed by atoms with van der Waals surface area (Å²) >= 11 is 9.08. The number of halogens is 4. The second-order valence-electron chi connectivity index (χ2n) is 3.39. The van der Waals surface area contributed by atoms with E-state index in [1.807, 2.05) is 0 Å². The smallest absolute Gasteiger partial charge is 0.261 e. The zero-order chi connectivity index (χ0) is 13.5. The van der Waals surface area contributed by atoms with E-state index in [1.165, 1.54) is 0 Å². The molecule has 1 aromatic carbocycles. The molecule has 0 saturated heterocycles. The zero-order valence-corrected chi connectivity index (χ0v) is 11.6. The lowest BCUT2D eigenvalue weighted by Crippen LogP contribution is -2.15. The molecule has 3 nitrogen and oxygen atoms in total. The highest BCUT2D eigenvalue weighted by Crippen LogP contribution is 2.25. The summed E-state index contributed by atoms with van der Waals surface area (Å²) in [5.41, 5.74) is 0.544. The topological polar surface area (TPSA) is 38.3 Å². The van der Waals surface area contributed by atoms with Crippen LogP contribution in [0.1, 0.15) is 6.42 Å². The quantitative estimate of drug-likeness (QED) is 0.800. The van der Waals surface area contributed by atoms with Gasteiger partial charge in [0.25, 0.3) is 6.43 Å². The maximum atomic E-state index is 11.7. The third-order valence-corrected chi connectivity index (χ3v) is 3.15. The van der Waals surface area contributed by atoms with Gasteiger partial charge < -0.3 is 10.1 Å². The van der Waals surface area contributed by atoms with Gasteiger partial charge in [-0.1, -0.05) is 11.6 Å². The normalized spacial score (nSPS) is 10.7. The monoisotopic (exact) mass is 341 g/mol. The molecule has 0 aliphatic heterocycles. The maximum absolute atomic E-state index is 11.7.